The number of nitrogens with zero attached hydrogens (tertiary/aromatic N) is 1. The highest BCUT2D eigenvalue weighted by atomic mass is 79.9. The van der Waals surface area contributed by atoms with E-state index < -0.39 is 0 Å². The second-order valence-electron chi connectivity index (χ2n) is 5.28. The van der Waals surface area contributed by atoms with Gasteiger partial charge in [0.25, 0.3) is 0 Å². The Morgan fingerprint density at radius 1 is 1.19 bits per heavy atom. The first-order valence-electron chi connectivity index (χ1n) is 6.62. The van der Waals surface area contributed by atoms with E-state index in [0.717, 1.165) is 15.4 Å². The monoisotopic (exact) mass is 342 g/mol. The fourth-order valence-corrected chi connectivity index (χ4v) is 3.08. The van der Waals surface area contributed by atoms with Crippen LogP contribution in [-0.2, 0) is 7.05 Å². The second kappa shape index (κ2) is 5.04. The number of halogens is 1. The van der Waals surface area contributed by atoms with Crippen molar-refractivity contribution >= 4 is 38.3 Å². The molecule has 0 saturated heterocycles. The number of hydrogen-bond donors (Lipinski definition) is 1. The smallest absolute Gasteiger partial charge is 0.195 e. The first-order valence-corrected chi connectivity index (χ1v) is 7.41. The molecule has 0 aliphatic carbocycles. The quantitative estimate of drug-likeness (QED) is 0.563. The molecule has 3 nitrogen and oxygen atoms in total. The maximum absolute atomic E-state index is 12.8. The number of ketones is 1. The van der Waals surface area contributed by atoms with Crippen molar-refractivity contribution in [1.82, 2.24) is 4.57 Å². The lowest BCUT2D eigenvalue weighted by Gasteiger charge is -2.03. The Hall–Kier alpha value is -2.07. The highest BCUT2D eigenvalue weighted by molar-refractivity contribution is 9.10. The maximum Gasteiger partial charge on any atom is 0.195 e. The van der Waals surface area contributed by atoms with Crippen LogP contribution in [-0.4, -0.2) is 10.4 Å². The number of aromatic nitrogens is 1. The molecule has 1 heterocycles. The summed E-state index contributed by atoms with van der Waals surface area (Å²) in [5.41, 5.74) is 9.92. The molecule has 0 atom stereocenters. The third kappa shape index (κ3) is 2.47. The fraction of sp³-hybridized carbons (Fsp3) is 0.118. The van der Waals surface area contributed by atoms with Gasteiger partial charge in [0.2, 0.25) is 0 Å². The molecule has 0 saturated carbocycles. The minimum atomic E-state index is -0.0162. The van der Waals surface area contributed by atoms with Gasteiger partial charge < -0.3 is 10.3 Å². The minimum absolute atomic E-state index is 0.0162. The summed E-state index contributed by atoms with van der Waals surface area (Å²) in [5, 5.41) is 0.964. The van der Waals surface area contributed by atoms with Gasteiger partial charge in [-0.15, -0.1) is 0 Å². The number of benzene rings is 2. The summed E-state index contributed by atoms with van der Waals surface area (Å²) < 4.78 is 2.79. The van der Waals surface area contributed by atoms with E-state index in [-0.39, 0.29) is 5.78 Å². The summed E-state index contributed by atoms with van der Waals surface area (Å²) in [6.07, 6.45) is 1.88. The molecule has 106 valence electrons. The van der Waals surface area contributed by atoms with Gasteiger partial charge in [0.05, 0.1) is 0 Å². The molecule has 0 radical (unpaired) electrons. The number of nitrogen functional groups attached to an aromatic ring is 1. The van der Waals surface area contributed by atoms with Crippen LogP contribution >= 0.6 is 15.9 Å². The van der Waals surface area contributed by atoms with Gasteiger partial charge in [-0.1, -0.05) is 28.1 Å². The average molecular weight is 343 g/mol. The van der Waals surface area contributed by atoms with E-state index in [4.69, 9.17) is 5.73 Å². The Kier molecular flexibility index (Phi) is 3.33. The van der Waals surface area contributed by atoms with E-state index in [1.54, 1.807) is 18.2 Å². The molecule has 3 rings (SSSR count). The lowest BCUT2D eigenvalue weighted by atomic mass is 10.0. The lowest BCUT2D eigenvalue weighted by Crippen LogP contribution is -2.02. The topological polar surface area (TPSA) is 48.0 Å². The van der Waals surface area contributed by atoms with Crippen LogP contribution in [0.4, 0.5) is 5.69 Å². The molecule has 0 bridgehead atoms. The molecule has 0 unspecified atom stereocenters. The largest absolute Gasteiger partial charge is 0.399 e. The first kappa shape index (κ1) is 13.9. The number of hydrogen-bond acceptors (Lipinski definition) is 2. The number of rotatable bonds is 2. The Balaban J connectivity index is 2.18. The minimum Gasteiger partial charge on any atom is -0.399 e. The number of fused-ring (bicyclic) bond motifs is 1. The van der Waals surface area contributed by atoms with Crippen molar-refractivity contribution in [3.05, 3.63) is 63.8 Å². The summed E-state index contributed by atoms with van der Waals surface area (Å²) in [6, 6.07) is 11.4. The zero-order valence-corrected chi connectivity index (χ0v) is 13.4. The van der Waals surface area contributed by atoms with Crippen LogP contribution in [0, 0.1) is 6.92 Å². The number of aryl methyl sites for hydroxylation is 2. The van der Waals surface area contributed by atoms with Gasteiger partial charge in [-0.25, -0.2) is 0 Å². The van der Waals surface area contributed by atoms with Crippen LogP contribution in [0.5, 0.6) is 0 Å². The van der Waals surface area contributed by atoms with Crippen molar-refractivity contribution in [2.45, 2.75) is 6.92 Å². The Morgan fingerprint density at radius 2 is 1.95 bits per heavy atom. The normalized spacial score (nSPS) is 11.0. The third-order valence-corrected chi connectivity index (χ3v) is 4.03. The van der Waals surface area contributed by atoms with Gasteiger partial charge >= 0.3 is 0 Å². The highest BCUT2D eigenvalue weighted by Gasteiger charge is 2.16. The first-order chi connectivity index (χ1) is 9.95. The molecule has 2 N–H and O–H groups in total. The Bertz CT molecular complexity index is 844. The van der Waals surface area contributed by atoms with E-state index in [2.05, 4.69) is 22.0 Å². The summed E-state index contributed by atoms with van der Waals surface area (Å²) in [5.74, 6) is -0.0162. The van der Waals surface area contributed by atoms with Gasteiger partial charge in [0.15, 0.2) is 5.78 Å². The van der Waals surface area contributed by atoms with E-state index in [9.17, 15) is 4.79 Å². The molecule has 0 amide bonds. The molecular weight excluding hydrogens is 328 g/mol. The van der Waals surface area contributed by atoms with Crippen molar-refractivity contribution < 1.29 is 4.79 Å². The van der Waals surface area contributed by atoms with Crippen molar-refractivity contribution in [1.29, 1.82) is 0 Å². The van der Waals surface area contributed by atoms with Crippen molar-refractivity contribution in [2.75, 3.05) is 5.73 Å². The second-order valence-corrected chi connectivity index (χ2v) is 6.19. The molecule has 0 spiro atoms. The van der Waals surface area contributed by atoms with Crippen LogP contribution in [0.1, 0.15) is 21.5 Å². The molecule has 3 aromatic rings. The number of carbonyl (C=O) groups excluding carboxylic acids is 1. The predicted molar refractivity (Wildman–Crippen MR) is 89.6 cm³/mol. The van der Waals surface area contributed by atoms with E-state index in [1.807, 2.05) is 36.9 Å². The van der Waals surface area contributed by atoms with Gasteiger partial charge in [0, 0.05) is 45.4 Å². The third-order valence-electron chi connectivity index (χ3n) is 3.57. The molecular formula is C17H15BrN2O. The summed E-state index contributed by atoms with van der Waals surface area (Å²) in [6.45, 7) is 2.04. The van der Waals surface area contributed by atoms with Crippen LogP contribution in [0.2, 0.25) is 0 Å². The van der Waals surface area contributed by atoms with E-state index >= 15 is 0 Å². The maximum atomic E-state index is 12.8. The average Bonchev–Trinajstić information content (AvgIpc) is 2.74. The molecule has 0 fully saturated rings. The van der Waals surface area contributed by atoms with Crippen LogP contribution in [0.15, 0.2) is 47.1 Å². The summed E-state index contributed by atoms with van der Waals surface area (Å²) in [4.78, 5) is 12.8. The molecule has 21 heavy (non-hydrogen) atoms. The molecule has 0 aliphatic heterocycles. The van der Waals surface area contributed by atoms with Crippen molar-refractivity contribution in [2.24, 2.45) is 7.05 Å². The van der Waals surface area contributed by atoms with Crippen LogP contribution in [0.3, 0.4) is 0 Å². The standard InChI is InChI=1S/C17H15BrN2O/c1-10-3-4-14-15(9-20(2)16(14)5-10)17(21)11-6-12(18)8-13(19)7-11/h3-9H,19H2,1-2H3. The molecule has 1 aromatic heterocycles. The Labute approximate surface area is 131 Å². The fourth-order valence-electron chi connectivity index (χ4n) is 2.57. The molecule has 4 heteroatoms. The summed E-state index contributed by atoms with van der Waals surface area (Å²) in [7, 11) is 1.95. The SMILES string of the molecule is Cc1ccc2c(C(=O)c3cc(N)cc(Br)c3)cn(C)c2c1. The van der Waals surface area contributed by atoms with Crippen LogP contribution in [0.25, 0.3) is 10.9 Å². The molecule has 0 aliphatic rings. The van der Waals surface area contributed by atoms with Crippen molar-refractivity contribution in [3.8, 4) is 0 Å². The van der Waals surface area contributed by atoms with Gasteiger partial charge in [-0.05, 0) is 36.8 Å². The Morgan fingerprint density at radius 3 is 2.67 bits per heavy atom. The van der Waals surface area contributed by atoms with E-state index in [0.29, 0.717) is 16.8 Å². The number of nitrogens with two attached hydrogens (primary N) is 1. The highest BCUT2D eigenvalue weighted by Crippen LogP contribution is 2.26. The number of carbonyl (C=O) groups is 1. The van der Waals surface area contributed by atoms with Gasteiger partial charge in [-0.2, -0.15) is 0 Å². The zero-order chi connectivity index (χ0) is 15.1. The molecule has 2 aromatic carbocycles. The van der Waals surface area contributed by atoms with Crippen LogP contribution < -0.4 is 5.73 Å². The number of anilines is 1. The predicted octanol–water partition coefficient (Wildman–Crippen LogP) is 4.06. The zero-order valence-electron chi connectivity index (χ0n) is 11.9. The van der Waals surface area contributed by atoms with Gasteiger partial charge in [-0.3, -0.25) is 4.79 Å². The summed E-state index contributed by atoms with van der Waals surface area (Å²) >= 11 is 3.38. The van der Waals surface area contributed by atoms with Gasteiger partial charge in [0.1, 0.15) is 0 Å². The van der Waals surface area contributed by atoms with Crippen molar-refractivity contribution in [3.63, 3.8) is 0 Å². The van der Waals surface area contributed by atoms with E-state index in [1.165, 1.54) is 5.56 Å². The lowest BCUT2D eigenvalue weighted by molar-refractivity contribution is 0.104.